The summed E-state index contributed by atoms with van der Waals surface area (Å²) >= 11 is 0. The van der Waals surface area contributed by atoms with E-state index in [1.807, 2.05) is 0 Å². The number of carboxylic acid groups (broad SMARTS) is 1. The average molecular weight is 285 g/mol. The van der Waals surface area contributed by atoms with Crippen LogP contribution in [0.3, 0.4) is 0 Å². The molecule has 9 heteroatoms. The van der Waals surface area contributed by atoms with Crippen LogP contribution in [0, 0.1) is 0 Å². The number of fused-ring (bicyclic) bond motifs is 1. The van der Waals surface area contributed by atoms with E-state index in [1.54, 1.807) is 6.07 Å². The molecule has 2 aromatic rings. The van der Waals surface area contributed by atoms with Gasteiger partial charge in [-0.15, -0.1) is 0 Å². The molecule has 0 unspecified atom stereocenters. The topological polar surface area (TPSA) is 132 Å². The van der Waals surface area contributed by atoms with Crippen molar-refractivity contribution in [2.45, 2.75) is 6.42 Å². The Morgan fingerprint density at radius 1 is 1.26 bits per heavy atom. The molecule has 0 aliphatic heterocycles. The van der Waals surface area contributed by atoms with Crippen LogP contribution in [0.1, 0.15) is 6.42 Å². The van der Waals surface area contributed by atoms with Gasteiger partial charge in [0.2, 0.25) is 10.0 Å². The van der Waals surface area contributed by atoms with Crippen molar-refractivity contribution in [3.8, 4) is 0 Å². The summed E-state index contributed by atoms with van der Waals surface area (Å²) in [5.41, 5.74) is 0.885. The summed E-state index contributed by atoms with van der Waals surface area (Å²) in [5.74, 6) is -1.69. The predicted molar refractivity (Wildman–Crippen MR) is 68.6 cm³/mol. The third kappa shape index (κ3) is 3.35. The van der Waals surface area contributed by atoms with Crippen molar-refractivity contribution >= 4 is 32.7 Å². The zero-order valence-electron chi connectivity index (χ0n) is 9.63. The van der Waals surface area contributed by atoms with Gasteiger partial charge < -0.3 is 15.1 Å². The van der Waals surface area contributed by atoms with Crippen LogP contribution < -0.4 is 10.4 Å². The Morgan fingerprint density at radius 2 is 1.95 bits per heavy atom. The highest BCUT2D eigenvalue weighted by Gasteiger charge is 2.13. The van der Waals surface area contributed by atoms with Gasteiger partial charge in [-0.25, -0.2) is 13.2 Å². The maximum atomic E-state index is 11.6. The second-order valence-electron chi connectivity index (χ2n) is 3.90. The summed E-state index contributed by atoms with van der Waals surface area (Å²) in [6, 6.07) is 4.47. The normalized spacial score (nSPS) is 11.6. The number of rotatable bonds is 5. The number of hydrogen-bond donors (Lipinski definition) is 4. The minimum absolute atomic E-state index is 0.258. The minimum Gasteiger partial charge on any atom is -0.481 e. The third-order valence-corrected chi connectivity index (χ3v) is 3.66. The van der Waals surface area contributed by atoms with Crippen LogP contribution in [0.4, 0.5) is 5.69 Å². The molecule has 1 heterocycles. The van der Waals surface area contributed by atoms with Crippen molar-refractivity contribution in [2.75, 3.05) is 10.5 Å². The van der Waals surface area contributed by atoms with Gasteiger partial charge in [-0.2, -0.15) is 0 Å². The number of carboxylic acids is 1. The zero-order chi connectivity index (χ0) is 14.0. The maximum Gasteiger partial charge on any atom is 0.323 e. The molecule has 0 radical (unpaired) electrons. The zero-order valence-corrected chi connectivity index (χ0v) is 10.5. The van der Waals surface area contributed by atoms with E-state index < -0.39 is 28.2 Å². The number of anilines is 1. The molecule has 0 atom stereocenters. The summed E-state index contributed by atoms with van der Waals surface area (Å²) in [5, 5.41) is 8.45. The van der Waals surface area contributed by atoms with Crippen molar-refractivity contribution in [1.29, 1.82) is 0 Å². The summed E-state index contributed by atoms with van der Waals surface area (Å²) < 4.78 is 25.4. The van der Waals surface area contributed by atoms with Gasteiger partial charge in [0.25, 0.3) is 0 Å². The van der Waals surface area contributed by atoms with E-state index in [-0.39, 0.29) is 11.4 Å². The lowest BCUT2D eigenvalue weighted by atomic mass is 10.3. The van der Waals surface area contributed by atoms with Crippen LogP contribution in [-0.4, -0.2) is 35.2 Å². The number of H-pyrrole nitrogens is 2. The van der Waals surface area contributed by atoms with Gasteiger partial charge >= 0.3 is 11.7 Å². The molecule has 4 N–H and O–H groups in total. The Balaban J connectivity index is 2.20. The monoisotopic (exact) mass is 285 g/mol. The Morgan fingerprint density at radius 3 is 2.63 bits per heavy atom. The molecule has 0 amide bonds. The highest BCUT2D eigenvalue weighted by molar-refractivity contribution is 7.92. The number of nitrogens with one attached hydrogen (secondary N) is 3. The molecule has 1 aromatic heterocycles. The number of aliphatic carboxylic acids is 1. The lowest BCUT2D eigenvalue weighted by molar-refractivity contribution is -0.136. The van der Waals surface area contributed by atoms with E-state index in [9.17, 15) is 18.0 Å². The third-order valence-electron chi connectivity index (χ3n) is 2.37. The molecule has 102 valence electrons. The Hall–Kier alpha value is -2.29. The number of aromatic nitrogens is 2. The molecule has 1 aromatic carbocycles. The summed E-state index contributed by atoms with van der Waals surface area (Å²) in [4.78, 5) is 26.4. The number of hydrogen-bond acceptors (Lipinski definition) is 4. The van der Waals surface area contributed by atoms with E-state index in [0.717, 1.165) is 0 Å². The van der Waals surface area contributed by atoms with Gasteiger partial charge in [-0.05, 0) is 18.2 Å². The van der Waals surface area contributed by atoms with Crippen LogP contribution >= 0.6 is 0 Å². The van der Waals surface area contributed by atoms with E-state index in [0.29, 0.717) is 11.0 Å². The lowest BCUT2D eigenvalue weighted by Gasteiger charge is -2.06. The van der Waals surface area contributed by atoms with Gasteiger partial charge in [0.15, 0.2) is 0 Å². The average Bonchev–Trinajstić information content (AvgIpc) is 2.65. The molecule has 2 rings (SSSR count). The van der Waals surface area contributed by atoms with Crippen LogP contribution in [-0.2, 0) is 14.8 Å². The standard InChI is InChI=1S/C10H11N3O5S/c14-9(15)3-4-19(17,18)13-6-1-2-7-8(5-6)12-10(16)11-7/h1-2,5,13H,3-4H2,(H,14,15)(H2,11,12,16). The van der Waals surface area contributed by atoms with Crippen LogP contribution in [0.2, 0.25) is 0 Å². The first kappa shape index (κ1) is 13.1. The molecule has 0 bridgehead atoms. The second kappa shape index (κ2) is 4.76. The molecule has 0 aliphatic rings. The predicted octanol–water partition coefficient (Wildman–Crippen LogP) is 0.0726. The Kier molecular flexibility index (Phi) is 3.30. The largest absolute Gasteiger partial charge is 0.481 e. The lowest BCUT2D eigenvalue weighted by Crippen LogP contribution is -2.18. The highest BCUT2D eigenvalue weighted by atomic mass is 32.2. The van der Waals surface area contributed by atoms with Gasteiger partial charge in [0.1, 0.15) is 0 Å². The van der Waals surface area contributed by atoms with E-state index in [4.69, 9.17) is 5.11 Å². The van der Waals surface area contributed by atoms with Crippen molar-refractivity contribution in [1.82, 2.24) is 9.97 Å². The molecule has 0 saturated carbocycles. The molecular formula is C10H11N3O5S. The van der Waals surface area contributed by atoms with Gasteiger partial charge in [0, 0.05) is 0 Å². The minimum atomic E-state index is -3.72. The van der Waals surface area contributed by atoms with Crippen molar-refractivity contribution in [3.63, 3.8) is 0 Å². The maximum absolute atomic E-state index is 11.6. The fraction of sp³-hybridized carbons (Fsp3) is 0.200. The van der Waals surface area contributed by atoms with E-state index in [2.05, 4.69) is 14.7 Å². The highest BCUT2D eigenvalue weighted by Crippen LogP contribution is 2.16. The first-order chi connectivity index (χ1) is 8.85. The van der Waals surface area contributed by atoms with Crippen LogP contribution in [0.25, 0.3) is 11.0 Å². The molecule has 0 fully saturated rings. The Bertz CT molecular complexity index is 774. The number of aromatic amines is 2. The molecule has 0 saturated heterocycles. The second-order valence-corrected chi connectivity index (χ2v) is 5.75. The quantitative estimate of drug-likeness (QED) is 0.617. The Labute approximate surface area is 107 Å². The number of benzene rings is 1. The summed E-state index contributed by atoms with van der Waals surface area (Å²) in [6.45, 7) is 0. The summed E-state index contributed by atoms with van der Waals surface area (Å²) in [7, 11) is -3.72. The number of imidazole rings is 1. The van der Waals surface area contributed by atoms with Crippen molar-refractivity contribution < 1.29 is 18.3 Å². The molecule has 8 nitrogen and oxygen atoms in total. The smallest absolute Gasteiger partial charge is 0.323 e. The van der Waals surface area contributed by atoms with E-state index >= 15 is 0 Å². The van der Waals surface area contributed by atoms with Crippen molar-refractivity contribution in [2.24, 2.45) is 0 Å². The fourth-order valence-corrected chi connectivity index (χ4v) is 2.58. The van der Waals surface area contributed by atoms with E-state index in [1.165, 1.54) is 12.1 Å². The first-order valence-electron chi connectivity index (χ1n) is 5.30. The molecule has 0 aliphatic carbocycles. The van der Waals surface area contributed by atoms with Crippen LogP contribution in [0.15, 0.2) is 23.0 Å². The summed E-state index contributed by atoms with van der Waals surface area (Å²) in [6.07, 6.45) is -0.474. The fourth-order valence-electron chi connectivity index (χ4n) is 1.55. The molecular weight excluding hydrogens is 274 g/mol. The molecule has 19 heavy (non-hydrogen) atoms. The molecule has 0 spiro atoms. The van der Waals surface area contributed by atoms with Gasteiger partial charge in [-0.3, -0.25) is 9.52 Å². The number of sulfonamides is 1. The van der Waals surface area contributed by atoms with Gasteiger partial charge in [0.05, 0.1) is 28.9 Å². The SMILES string of the molecule is O=C(O)CCS(=O)(=O)Nc1ccc2[nH]c(=O)[nH]c2c1. The van der Waals surface area contributed by atoms with Crippen LogP contribution in [0.5, 0.6) is 0 Å². The van der Waals surface area contributed by atoms with Crippen molar-refractivity contribution in [3.05, 3.63) is 28.7 Å². The first-order valence-corrected chi connectivity index (χ1v) is 6.95. The van der Waals surface area contributed by atoms with Gasteiger partial charge in [-0.1, -0.05) is 0 Å². The number of carbonyl (C=O) groups is 1.